The number of phenolic OH excluding ortho intramolecular Hbond substituents is 1. The van der Waals surface area contributed by atoms with Crippen molar-refractivity contribution in [1.29, 1.82) is 0 Å². The molecule has 2 N–H and O–H groups in total. The van der Waals surface area contributed by atoms with Gasteiger partial charge in [-0.1, -0.05) is 42.5 Å². The third-order valence-electron chi connectivity index (χ3n) is 4.56. The minimum atomic E-state index is -1.65. The van der Waals surface area contributed by atoms with Gasteiger partial charge in [0.25, 0.3) is 0 Å². The van der Waals surface area contributed by atoms with E-state index >= 15 is 0 Å². The average Bonchev–Trinajstić information content (AvgIpc) is 2.60. The van der Waals surface area contributed by atoms with Crippen LogP contribution in [0.25, 0.3) is 0 Å². The van der Waals surface area contributed by atoms with Crippen LogP contribution in [0.15, 0.2) is 48.5 Å². The smallest absolute Gasteiger partial charge is 0.324 e. The fourth-order valence-corrected chi connectivity index (χ4v) is 3.10. The first kappa shape index (κ1) is 16.1. The molecule has 0 heterocycles. The number of fused-ring (bicyclic) bond motifs is 1. The Balaban J connectivity index is 1.83. The summed E-state index contributed by atoms with van der Waals surface area (Å²) in [6.07, 6.45) is 0.515. The molecule has 2 aromatic carbocycles. The van der Waals surface area contributed by atoms with Gasteiger partial charge in [-0.3, -0.25) is 9.59 Å². The van der Waals surface area contributed by atoms with E-state index in [1.54, 1.807) is 6.07 Å². The second-order valence-corrected chi connectivity index (χ2v) is 6.04. The summed E-state index contributed by atoms with van der Waals surface area (Å²) in [6.45, 7) is 0.0301. The summed E-state index contributed by atoms with van der Waals surface area (Å²) in [5, 5.41) is 19.7. The number of carbonyl (C=O) groups excluding carboxylic acids is 1. The van der Waals surface area contributed by atoms with E-state index in [0.717, 1.165) is 11.1 Å². The van der Waals surface area contributed by atoms with E-state index in [2.05, 4.69) is 0 Å². The highest BCUT2D eigenvalue weighted by Crippen LogP contribution is 2.40. The minimum Gasteiger partial charge on any atom is -0.508 e. The summed E-state index contributed by atoms with van der Waals surface area (Å²) < 4.78 is 5.29. The number of carboxylic acid groups (broad SMARTS) is 1. The van der Waals surface area contributed by atoms with Gasteiger partial charge in [0.1, 0.15) is 12.4 Å². The molecule has 0 saturated heterocycles. The molecule has 2 aromatic rings. The summed E-state index contributed by atoms with van der Waals surface area (Å²) in [5.41, 5.74) is 0.539. The Hall–Kier alpha value is -2.82. The third kappa shape index (κ3) is 2.85. The lowest BCUT2D eigenvalue weighted by atomic mass is 9.71. The molecule has 3 rings (SSSR count). The van der Waals surface area contributed by atoms with Crippen LogP contribution < -0.4 is 0 Å². The zero-order valence-electron chi connectivity index (χ0n) is 13.1. The summed E-state index contributed by atoms with van der Waals surface area (Å²) in [6, 6.07) is 14.2. The van der Waals surface area contributed by atoms with Crippen LogP contribution in [-0.2, 0) is 33.8 Å². The number of aryl methyl sites for hydroxylation is 1. The topological polar surface area (TPSA) is 83.8 Å². The molecule has 5 nitrogen and oxygen atoms in total. The van der Waals surface area contributed by atoms with Gasteiger partial charge in [-0.15, -0.1) is 0 Å². The van der Waals surface area contributed by atoms with Gasteiger partial charge in [-0.05, 0) is 35.6 Å². The molecule has 0 amide bonds. The van der Waals surface area contributed by atoms with Crippen molar-refractivity contribution in [3.8, 4) is 5.75 Å². The fourth-order valence-electron chi connectivity index (χ4n) is 3.10. The van der Waals surface area contributed by atoms with Crippen LogP contribution in [0.4, 0.5) is 0 Å². The molecule has 0 fully saturated rings. The van der Waals surface area contributed by atoms with Crippen LogP contribution in [0.5, 0.6) is 5.75 Å². The lowest BCUT2D eigenvalue weighted by molar-refractivity contribution is -0.171. The van der Waals surface area contributed by atoms with Gasteiger partial charge in [0.2, 0.25) is 0 Å². The summed E-state index contributed by atoms with van der Waals surface area (Å²) in [7, 11) is 0. The molecule has 1 atom stereocenters. The van der Waals surface area contributed by atoms with E-state index in [9.17, 15) is 19.8 Å². The molecule has 0 bridgehead atoms. The van der Waals surface area contributed by atoms with Gasteiger partial charge >= 0.3 is 11.9 Å². The Morgan fingerprint density at radius 3 is 2.54 bits per heavy atom. The number of aromatic hydroxyl groups is 1. The number of rotatable bonds is 4. The average molecular weight is 326 g/mol. The van der Waals surface area contributed by atoms with Crippen LogP contribution in [-0.4, -0.2) is 22.2 Å². The molecule has 1 aliphatic carbocycles. The maximum Gasteiger partial charge on any atom is 0.324 e. The van der Waals surface area contributed by atoms with Gasteiger partial charge in [-0.25, -0.2) is 0 Å². The number of hydrogen-bond donors (Lipinski definition) is 2. The Labute approximate surface area is 139 Å². The highest BCUT2D eigenvalue weighted by molar-refractivity contribution is 6.00. The second kappa shape index (κ2) is 6.35. The molecule has 0 aromatic heterocycles. The van der Waals surface area contributed by atoms with Crippen molar-refractivity contribution in [1.82, 2.24) is 0 Å². The lowest BCUT2D eigenvalue weighted by Gasteiger charge is -2.32. The Bertz CT molecular complexity index is 769. The number of aliphatic carboxylic acids is 1. The minimum absolute atomic E-state index is 0.0219. The second-order valence-electron chi connectivity index (χ2n) is 6.04. The van der Waals surface area contributed by atoms with Gasteiger partial charge in [0.05, 0.1) is 0 Å². The van der Waals surface area contributed by atoms with Gasteiger partial charge in [-0.2, -0.15) is 0 Å². The maximum absolute atomic E-state index is 12.6. The monoisotopic (exact) mass is 326 g/mol. The summed E-state index contributed by atoms with van der Waals surface area (Å²) >= 11 is 0. The van der Waals surface area contributed by atoms with Gasteiger partial charge in [0.15, 0.2) is 5.41 Å². The van der Waals surface area contributed by atoms with Gasteiger partial charge in [0, 0.05) is 6.42 Å². The van der Waals surface area contributed by atoms with Crippen molar-refractivity contribution in [3.63, 3.8) is 0 Å². The third-order valence-corrected chi connectivity index (χ3v) is 4.56. The number of hydrogen-bond acceptors (Lipinski definition) is 4. The molecule has 1 aliphatic rings. The predicted molar refractivity (Wildman–Crippen MR) is 86.4 cm³/mol. The summed E-state index contributed by atoms with van der Waals surface area (Å²) in [4.78, 5) is 24.4. The maximum atomic E-state index is 12.6. The first-order chi connectivity index (χ1) is 11.5. The largest absolute Gasteiger partial charge is 0.508 e. The zero-order valence-corrected chi connectivity index (χ0v) is 13.1. The first-order valence-corrected chi connectivity index (χ1v) is 7.77. The number of carbonyl (C=O) groups is 2. The van der Waals surface area contributed by atoms with E-state index < -0.39 is 17.4 Å². The van der Waals surface area contributed by atoms with Gasteiger partial charge < -0.3 is 14.9 Å². The van der Waals surface area contributed by atoms with E-state index in [1.165, 1.54) is 6.07 Å². The SMILES string of the molecule is O=C(O)C1(C(=O)OCc2ccccc2)CCc2cccc(O)c2C1. The lowest BCUT2D eigenvalue weighted by Crippen LogP contribution is -2.45. The molecule has 124 valence electrons. The van der Waals surface area contributed by atoms with Crippen molar-refractivity contribution in [2.45, 2.75) is 25.9 Å². The van der Waals surface area contributed by atoms with Crippen molar-refractivity contribution >= 4 is 11.9 Å². The zero-order chi connectivity index (χ0) is 17.2. The Kier molecular flexibility index (Phi) is 4.25. The number of carboxylic acids is 1. The van der Waals surface area contributed by atoms with E-state index in [4.69, 9.17) is 4.74 Å². The number of benzene rings is 2. The molecular formula is C19H18O5. The predicted octanol–water partition coefficient (Wildman–Crippen LogP) is 2.70. The van der Waals surface area contributed by atoms with Crippen molar-refractivity contribution in [2.24, 2.45) is 5.41 Å². The Morgan fingerprint density at radius 2 is 1.83 bits per heavy atom. The highest BCUT2D eigenvalue weighted by Gasteiger charge is 2.50. The van der Waals surface area contributed by atoms with E-state index in [0.29, 0.717) is 12.0 Å². The molecule has 0 radical (unpaired) electrons. The van der Waals surface area contributed by atoms with Crippen LogP contribution in [0.1, 0.15) is 23.1 Å². The molecule has 0 spiro atoms. The molecule has 0 saturated carbocycles. The van der Waals surface area contributed by atoms with Crippen molar-refractivity contribution < 1.29 is 24.5 Å². The number of phenols is 1. The molecule has 24 heavy (non-hydrogen) atoms. The normalized spacial score (nSPS) is 19.3. The fraction of sp³-hybridized carbons (Fsp3) is 0.263. The quantitative estimate of drug-likeness (QED) is 0.667. The standard InChI is InChI=1S/C19H18O5/c20-16-8-4-7-14-9-10-19(17(21)22,11-15(14)16)18(23)24-12-13-5-2-1-3-6-13/h1-8,20H,9-12H2,(H,21,22). The van der Waals surface area contributed by atoms with Crippen LogP contribution in [0, 0.1) is 5.41 Å². The van der Waals surface area contributed by atoms with Crippen LogP contribution in [0.2, 0.25) is 0 Å². The Morgan fingerprint density at radius 1 is 1.08 bits per heavy atom. The van der Waals surface area contributed by atoms with Crippen molar-refractivity contribution in [3.05, 3.63) is 65.2 Å². The first-order valence-electron chi connectivity index (χ1n) is 7.77. The molecule has 0 aliphatic heterocycles. The van der Waals surface area contributed by atoms with Crippen LogP contribution >= 0.6 is 0 Å². The molecule has 5 heteroatoms. The number of esters is 1. The number of ether oxygens (including phenoxy) is 1. The molecular weight excluding hydrogens is 308 g/mol. The van der Waals surface area contributed by atoms with Crippen LogP contribution in [0.3, 0.4) is 0 Å². The summed E-state index contributed by atoms with van der Waals surface area (Å²) in [5.74, 6) is -1.95. The van der Waals surface area contributed by atoms with E-state index in [-0.39, 0.29) is 25.2 Å². The molecule has 1 unspecified atom stereocenters. The van der Waals surface area contributed by atoms with E-state index in [1.807, 2.05) is 36.4 Å². The highest BCUT2D eigenvalue weighted by atomic mass is 16.5. The van der Waals surface area contributed by atoms with Crippen molar-refractivity contribution in [2.75, 3.05) is 0 Å².